The zero-order valence-electron chi connectivity index (χ0n) is 17.6. The van der Waals surface area contributed by atoms with Crippen LogP contribution in [-0.4, -0.2) is 31.8 Å². The number of anilines is 1. The molecule has 0 fully saturated rings. The third-order valence-electron chi connectivity index (χ3n) is 4.58. The van der Waals surface area contributed by atoms with Crippen LogP contribution in [-0.2, 0) is 21.4 Å². The second-order valence-electron chi connectivity index (χ2n) is 6.97. The highest BCUT2D eigenvalue weighted by Gasteiger charge is 2.27. The molecule has 1 amide bonds. The molecule has 1 N–H and O–H groups in total. The standard InChI is InChI=1S/C23H21BrCl2N2O4S/c1-2-32-20-9-7-19(8-10-20)27-23(29)15-28(14-16-3-6-18(25)13-22(16)26)33(30,31)21-11-4-17(24)5-12-21/h3-13H,2,14-15H2,1H3,(H,27,29). The van der Waals surface area contributed by atoms with Crippen molar-refractivity contribution in [3.05, 3.63) is 86.8 Å². The maximum Gasteiger partial charge on any atom is 0.243 e. The van der Waals surface area contributed by atoms with E-state index >= 15 is 0 Å². The third kappa shape index (κ3) is 6.94. The number of halogens is 3. The Bertz CT molecular complexity index is 1220. The lowest BCUT2D eigenvalue weighted by Crippen LogP contribution is -2.37. The number of nitrogens with zero attached hydrogens (tertiary/aromatic N) is 1. The number of amides is 1. The van der Waals surface area contributed by atoms with Crippen LogP contribution in [0, 0.1) is 0 Å². The number of carbonyl (C=O) groups excluding carboxylic acids is 1. The Morgan fingerprint density at radius 1 is 1.03 bits per heavy atom. The van der Waals surface area contributed by atoms with E-state index in [-0.39, 0.29) is 11.4 Å². The van der Waals surface area contributed by atoms with Crippen LogP contribution in [0.25, 0.3) is 0 Å². The van der Waals surface area contributed by atoms with Gasteiger partial charge in [0.05, 0.1) is 18.0 Å². The van der Waals surface area contributed by atoms with Gasteiger partial charge in [-0.25, -0.2) is 8.42 Å². The number of hydrogen-bond acceptors (Lipinski definition) is 4. The van der Waals surface area contributed by atoms with Crippen molar-refractivity contribution in [2.24, 2.45) is 0 Å². The maximum absolute atomic E-state index is 13.4. The summed E-state index contributed by atoms with van der Waals surface area (Å²) in [6, 6.07) is 17.8. The third-order valence-corrected chi connectivity index (χ3v) is 7.50. The minimum absolute atomic E-state index is 0.0599. The lowest BCUT2D eigenvalue weighted by atomic mass is 10.2. The summed E-state index contributed by atoms with van der Waals surface area (Å²) >= 11 is 15.5. The average molecular weight is 572 g/mol. The highest BCUT2D eigenvalue weighted by molar-refractivity contribution is 9.10. The van der Waals surface area contributed by atoms with Crippen molar-refractivity contribution in [2.45, 2.75) is 18.4 Å². The normalized spacial score (nSPS) is 11.4. The lowest BCUT2D eigenvalue weighted by Gasteiger charge is -2.22. The predicted molar refractivity (Wildman–Crippen MR) is 134 cm³/mol. The molecule has 0 bridgehead atoms. The summed E-state index contributed by atoms with van der Waals surface area (Å²) < 4.78 is 34.0. The molecule has 0 saturated carbocycles. The van der Waals surface area contributed by atoms with Crippen LogP contribution in [0.2, 0.25) is 10.0 Å². The second-order valence-corrected chi connectivity index (χ2v) is 10.7. The molecule has 33 heavy (non-hydrogen) atoms. The summed E-state index contributed by atoms with van der Waals surface area (Å²) in [5.41, 5.74) is 1.05. The van der Waals surface area contributed by atoms with Gasteiger partial charge in [-0.05, 0) is 73.2 Å². The Morgan fingerprint density at radius 2 is 1.70 bits per heavy atom. The van der Waals surface area contributed by atoms with Crippen LogP contribution in [0.15, 0.2) is 76.1 Å². The van der Waals surface area contributed by atoms with Crippen LogP contribution in [0.3, 0.4) is 0 Å². The van der Waals surface area contributed by atoms with Gasteiger partial charge in [-0.2, -0.15) is 4.31 Å². The molecular formula is C23H21BrCl2N2O4S. The number of hydrogen-bond donors (Lipinski definition) is 1. The minimum Gasteiger partial charge on any atom is -0.494 e. The molecule has 0 aliphatic heterocycles. The molecule has 0 atom stereocenters. The SMILES string of the molecule is CCOc1ccc(NC(=O)CN(Cc2ccc(Cl)cc2Cl)S(=O)(=O)c2ccc(Br)cc2)cc1. The first-order valence-electron chi connectivity index (χ1n) is 9.91. The summed E-state index contributed by atoms with van der Waals surface area (Å²) in [7, 11) is -4.00. The first-order chi connectivity index (χ1) is 15.7. The van der Waals surface area contributed by atoms with Crippen molar-refractivity contribution in [2.75, 3.05) is 18.5 Å². The van der Waals surface area contributed by atoms with Crippen LogP contribution >= 0.6 is 39.1 Å². The molecule has 10 heteroatoms. The fourth-order valence-electron chi connectivity index (χ4n) is 2.98. The molecule has 0 saturated heterocycles. The molecule has 0 aromatic heterocycles. The van der Waals surface area contributed by atoms with Gasteiger partial charge in [-0.3, -0.25) is 4.79 Å². The number of ether oxygens (including phenoxy) is 1. The molecule has 0 spiro atoms. The van der Waals surface area contributed by atoms with E-state index in [1.165, 1.54) is 18.2 Å². The van der Waals surface area contributed by atoms with Gasteiger partial charge in [0, 0.05) is 26.8 Å². The van der Waals surface area contributed by atoms with Gasteiger partial charge < -0.3 is 10.1 Å². The summed E-state index contributed by atoms with van der Waals surface area (Å²) in [6.07, 6.45) is 0. The zero-order valence-corrected chi connectivity index (χ0v) is 21.5. The Labute approximate surface area is 211 Å². The molecular weight excluding hydrogens is 551 g/mol. The predicted octanol–water partition coefficient (Wildman–Crippen LogP) is 5.98. The fourth-order valence-corrected chi connectivity index (χ4v) is 5.09. The molecule has 3 aromatic carbocycles. The van der Waals surface area contributed by atoms with Crippen LogP contribution < -0.4 is 10.1 Å². The topological polar surface area (TPSA) is 75.7 Å². The van der Waals surface area contributed by atoms with E-state index in [2.05, 4.69) is 21.2 Å². The molecule has 6 nitrogen and oxygen atoms in total. The number of carbonyl (C=O) groups is 1. The van der Waals surface area contributed by atoms with Crippen LogP contribution in [0.4, 0.5) is 5.69 Å². The Balaban J connectivity index is 1.85. The highest BCUT2D eigenvalue weighted by atomic mass is 79.9. The van der Waals surface area contributed by atoms with Gasteiger partial charge in [0.1, 0.15) is 5.75 Å². The van der Waals surface area contributed by atoms with Gasteiger partial charge >= 0.3 is 0 Å². The average Bonchev–Trinajstić information content (AvgIpc) is 2.77. The van der Waals surface area contributed by atoms with Gasteiger partial charge in [0.25, 0.3) is 0 Å². The molecule has 3 rings (SSSR count). The van der Waals surface area contributed by atoms with Crippen molar-refractivity contribution >= 4 is 60.7 Å². The van der Waals surface area contributed by atoms with Crippen molar-refractivity contribution < 1.29 is 17.9 Å². The largest absolute Gasteiger partial charge is 0.494 e. The molecule has 0 radical (unpaired) electrons. The maximum atomic E-state index is 13.4. The highest BCUT2D eigenvalue weighted by Crippen LogP contribution is 2.26. The van der Waals surface area contributed by atoms with Crippen LogP contribution in [0.1, 0.15) is 12.5 Å². The summed E-state index contributed by atoms with van der Waals surface area (Å²) in [5.74, 6) is 0.178. The van der Waals surface area contributed by atoms with E-state index in [0.29, 0.717) is 33.7 Å². The van der Waals surface area contributed by atoms with E-state index in [1.54, 1.807) is 48.5 Å². The van der Waals surface area contributed by atoms with E-state index in [0.717, 1.165) is 8.78 Å². The molecule has 174 valence electrons. The van der Waals surface area contributed by atoms with Crippen molar-refractivity contribution in [1.29, 1.82) is 0 Å². The Morgan fingerprint density at radius 3 is 2.30 bits per heavy atom. The van der Waals surface area contributed by atoms with Gasteiger partial charge in [0.15, 0.2) is 0 Å². The van der Waals surface area contributed by atoms with E-state index < -0.39 is 22.5 Å². The van der Waals surface area contributed by atoms with E-state index in [4.69, 9.17) is 27.9 Å². The van der Waals surface area contributed by atoms with E-state index in [9.17, 15) is 13.2 Å². The lowest BCUT2D eigenvalue weighted by molar-refractivity contribution is -0.116. The number of sulfonamides is 1. The first kappa shape index (κ1) is 25.5. The summed E-state index contributed by atoms with van der Waals surface area (Å²) in [4.78, 5) is 12.8. The van der Waals surface area contributed by atoms with Gasteiger partial charge in [-0.1, -0.05) is 45.2 Å². The first-order valence-corrected chi connectivity index (χ1v) is 12.9. The number of nitrogens with one attached hydrogen (secondary N) is 1. The Hall–Kier alpha value is -2.10. The zero-order chi connectivity index (χ0) is 24.0. The van der Waals surface area contributed by atoms with Crippen molar-refractivity contribution in [3.63, 3.8) is 0 Å². The molecule has 3 aromatic rings. The smallest absolute Gasteiger partial charge is 0.243 e. The minimum atomic E-state index is -4.00. The van der Waals surface area contributed by atoms with E-state index in [1.807, 2.05) is 6.92 Å². The molecule has 0 heterocycles. The van der Waals surface area contributed by atoms with Crippen LogP contribution in [0.5, 0.6) is 5.75 Å². The summed E-state index contributed by atoms with van der Waals surface area (Å²) in [6.45, 7) is 1.89. The molecule has 0 unspecified atom stereocenters. The number of rotatable bonds is 9. The Kier molecular flexibility index (Phi) is 8.78. The quantitative estimate of drug-likeness (QED) is 0.342. The molecule has 0 aliphatic rings. The number of benzene rings is 3. The van der Waals surface area contributed by atoms with Crippen molar-refractivity contribution in [3.8, 4) is 5.75 Å². The van der Waals surface area contributed by atoms with Gasteiger partial charge in [0.2, 0.25) is 15.9 Å². The second kappa shape index (κ2) is 11.4. The van der Waals surface area contributed by atoms with Gasteiger partial charge in [-0.15, -0.1) is 0 Å². The molecule has 0 aliphatic carbocycles. The van der Waals surface area contributed by atoms with Crippen molar-refractivity contribution in [1.82, 2.24) is 4.31 Å². The fraction of sp³-hybridized carbons (Fsp3) is 0.174. The summed E-state index contributed by atoms with van der Waals surface area (Å²) in [5, 5.41) is 3.46. The monoisotopic (exact) mass is 570 g/mol.